The van der Waals surface area contributed by atoms with Crippen molar-refractivity contribution in [1.82, 2.24) is 9.13 Å². The summed E-state index contributed by atoms with van der Waals surface area (Å²) >= 11 is 0. The van der Waals surface area contributed by atoms with Crippen LogP contribution in [-0.4, -0.2) is 9.13 Å². The molecule has 2 heterocycles. The second-order valence-electron chi connectivity index (χ2n) is 12.2. The van der Waals surface area contributed by atoms with Gasteiger partial charge in [-0.1, -0.05) is 91.0 Å². The minimum Gasteiger partial charge on any atom is -0.309 e. The molecular formula is C45H25N5. The van der Waals surface area contributed by atoms with Gasteiger partial charge in [0, 0.05) is 21.8 Å². The molecule has 9 rings (SSSR count). The summed E-state index contributed by atoms with van der Waals surface area (Å²) in [5.41, 5.74) is 11.6. The van der Waals surface area contributed by atoms with Crippen molar-refractivity contribution in [1.29, 1.82) is 5.26 Å². The summed E-state index contributed by atoms with van der Waals surface area (Å²) in [6.45, 7) is 15.9. The molecule has 0 saturated carbocycles. The van der Waals surface area contributed by atoms with Crippen molar-refractivity contribution in [3.63, 3.8) is 0 Å². The summed E-state index contributed by atoms with van der Waals surface area (Å²) in [5.74, 6) is 0. The van der Waals surface area contributed by atoms with E-state index in [0.717, 1.165) is 77.2 Å². The van der Waals surface area contributed by atoms with E-state index in [9.17, 15) is 5.26 Å². The lowest BCUT2D eigenvalue weighted by Crippen LogP contribution is -1.98. The highest BCUT2D eigenvalue weighted by atomic mass is 15.0. The average molecular weight is 636 g/mol. The molecule has 0 radical (unpaired) electrons. The van der Waals surface area contributed by atoms with Crippen molar-refractivity contribution in [2.75, 3.05) is 0 Å². The molecule has 0 amide bonds. The highest BCUT2D eigenvalue weighted by Crippen LogP contribution is 2.45. The zero-order valence-electron chi connectivity index (χ0n) is 26.7. The van der Waals surface area contributed by atoms with Gasteiger partial charge in [0.25, 0.3) is 0 Å². The number of hydrogen-bond acceptors (Lipinski definition) is 1. The molecule has 0 aliphatic heterocycles. The van der Waals surface area contributed by atoms with Gasteiger partial charge in [0.1, 0.15) is 0 Å². The lowest BCUT2D eigenvalue weighted by atomic mass is 9.91. The SMILES string of the molecule is [C-]#[N+]c1ccc2c(c1)c1ccccc1n2-c1ccccc1-c1c([N+]#[C-])cccc1-c1cccc(-n2c3ccccc3c3cc(C#N)ccc32)c1. The van der Waals surface area contributed by atoms with Crippen LogP contribution in [0.1, 0.15) is 5.56 Å². The van der Waals surface area contributed by atoms with Crippen LogP contribution in [-0.2, 0) is 0 Å². The van der Waals surface area contributed by atoms with Crippen LogP contribution in [0, 0.1) is 24.5 Å². The highest BCUT2D eigenvalue weighted by Gasteiger charge is 2.21. The predicted octanol–water partition coefficient (Wildman–Crippen LogP) is 12.2. The highest BCUT2D eigenvalue weighted by molar-refractivity contribution is 6.12. The maximum Gasteiger partial charge on any atom is 0.195 e. The molecule has 230 valence electrons. The molecule has 0 spiro atoms. The molecule has 0 fully saturated rings. The Hall–Kier alpha value is -7.39. The third kappa shape index (κ3) is 4.31. The van der Waals surface area contributed by atoms with Crippen LogP contribution in [0.25, 0.3) is 86.9 Å². The van der Waals surface area contributed by atoms with Gasteiger partial charge in [-0.25, -0.2) is 9.69 Å². The van der Waals surface area contributed by atoms with Crippen LogP contribution < -0.4 is 0 Å². The third-order valence-electron chi connectivity index (χ3n) is 9.58. The van der Waals surface area contributed by atoms with Crippen LogP contribution >= 0.6 is 0 Å². The minimum absolute atomic E-state index is 0.567. The van der Waals surface area contributed by atoms with E-state index in [2.05, 4.69) is 91.6 Å². The second kappa shape index (κ2) is 11.4. The zero-order chi connectivity index (χ0) is 33.8. The van der Waals surface area contributed by atoms with Crippen LogP contribution in [0.2, 0.25) is 0 Å². The number of rotatable bonds is 4. The molecule has 0 atom stereocenters. The van der Waals surface area contributed by atoms with E-state index in [0.29, 0.717) is 16.9 Å². The van der Waals surface area contributed by atoms with Gasteiger partial charge in [0.05, 0.1) is 52.5 Å². The molecule has 2 aromatic heterocycles. The summed E-state index contributed by atoms with van der Waals surface area (Å²) in [6, 6.07) is 53.2. The molecule has 7 aromatic carbocycles. The fourth-order valence-electron chi connectivity index (χ4n) is 7.46. The lowest BCUT2D eigenvalue weighted by Gasteiger charge is -2.19. The fraction of sp³-hybridized carbons (Fsp3) is 0. The lowest BCUT2D eigenvalue weighted by molar-refractivity contribution is 1.18. The molecular weight excluding hydrogens is 611 g/mol. The van der Waals surface area contributed by atoms with Gasteiger partial charge in [0.2, 0.25) is 0 Å². The molecule has 0 aliphatic rings. The van der Waals surface area contributed by atoms with E-state index in [1.54, 1.807) is 0 Å². The first-order valence-corrected chi connectivity index (χ1v) is 16.2. The van der Waals surface area contributed by atoms with E-state index in [1.165, 1.54) is 0 Å². The Morgan fingerprint density at radius 1 is 0.500 bits per heavy atom. The van der Waals surface area contributed by atoms with Gasteiger partial charge in [-0.3, -0.25) is 0 Å². The van der Waals surface area contributed by atoms with Crippen molar-refractivity contribution in [2.24, 2.45) is 0 Å². The van der Waals surface area contributed by atoms with E-state index in [1.807, 2.05) is 84.9 Å². The smallest absolute Gasteiger partial charge is 0.195 e. The first-order chi connectivity index (χ1) is 24.7. The topological polar surface area (TPSA) is 42.4 Å². The van der Waals surface area contributed by atoms with Gasteiger partial charge in [0.15, 0.2) is 11.4 Å². The molecule has 9 aromatic rings. The van der Waals surface area contributed by atoms with Crippen molar-refractivity contribution < 1.29 is 0 Å². The number of para-hydroxylation sites is 3. The number of nitrogens with zero attached hydrogens (tertiary/aromatic N) is 5. The Morgan fingerprint density at radius 3 is 1.92 bits per heavy atom. The van der Waals surface area contributed by atoms with Gasteiger partial charge >= 0.3 is 0 Å². The average Bonchev–Trinajstić information content (AvgIpc) is 3.69. The molecule has 0 unspecified atom stereocenters. The van der Waals surface area contributed by atoms with E-state index in [4.69, 9.17) is 13.1 Å². The molecule has 0 saturated heterocycles. The third-order valence-corrected chi connectivity index (χ3v) is 9.58. The number of benzene rings is 7. The van der Waals surface area contributed by atoms with Gasteiger partial charge in [-0.15, -0.1) is 0 Å². The first-order valence-electron chi connectivity index (χ1n) is 16.2. The minimum atomic E-state index is 0.567. The standard InChI is InChI=1S/C45H25N5/c1-47-31-22-24-44-38(27-31)35-14-4-7-19-41(35)50(44)42-20-8-5-15-36(42)45-33(16-10-17-39(45)48-2)30-11-9-12-32(26-30)49-40-18-6-3-13-34(40)37-25-29(28-46)21-23-43(37)49/h3-27H. The number of aromatic nitrogens is 2. The Labute approximate surface area is 288 Å². The quantitative estimate of drug-likeness (QED) is 0.177. The number of hydrogen-bond donors (Lipinski definition) is 0. The fourth-order valence-corrected chi connectivity index (χ4v) is 7.46. The maximum absolute atomic E-state index is 9.63. The maximum atomic E-state index is 9.63. The van der Waals surface area contributed by atoms with Crippen LogP contribution in [0.15, 0.2) is 152 Å². The Morgan fingerprint density at radius 2 is 1.14 bits per heavy atom. The van der Waals surface area contributed by atoms with Crippen molar-refractivity contribution in [3.05, 3.63) is 180 Å². The van der Waals surface area contributed by atoms with Gasteiger partial charge in [-0.05, 0) is 88.3 Å². The van der Waals surface area contributed by atoms with Gasteiger partial charge in [-0.2, -0.15) is 5.26 Å². The van der Waals surface area contributed by atoms with Crippen molar-refractivity contribution >= 4 is 55.0 Å². The van der Waals surface area contributed by atoms with E-state index >= 15 is 0 Å². The van der Waals surface area contributed by atoms with E-state index < -0.39 is 0 Å². The van der Waals surface area contributed by atoms with Crippen LogP contribution in [0.3, 0.4) is 0 Å². The number of fused-ring (bicyclic) bond motifs is 6. The van der Waals surface area contributed by atoms with Crippen molar-refractivity contribution in [2.45, 2.75) is 0 Å². The monoisotopic (exact) mass is 635 g/mol. The molecule has 5 nitrogen and oxygen atoms in total. The molecule has 5 heteroatoms. The largest absolute Gasteiger partial charge is 0.309 e. The molecule has 0 bridgehead atoms. The Kier molecular flexibility index (Phi) is 6.56. The Bertz CT molecular complexity index is 2970. The Balaban J connectivity index is 1.29. The summed E-state index contributed by atoms with van der Waals surface area (Å²) in [4.78, 5) is 7.75. The summed E-state index contributed by atoms with van der Waals surface area (Å²) in [5, 5.41) is 13.8. The predicted molar refractivity (Wildman–Crippen MR) is 203 cm³/mol. The molecule has 0 N–H and O–H groups in total. The summed E-state index contributed by atoms with van der Waals surface area (Å²) < 4.78 is 4.50. The number of nitriles is 1. The van der Waals surface area contributed by atoms with Gasteiger partial charge < -0.3 is 9.13 Å². The zero-order valence-corrected chi connectivity index (χ0v) is 26.7. The van der Waals surface area contributed by atoms with Crippen LogP contribution in [0.5, 0.6) is 0 Å². The first kappa shape index (κ1) is 28.8. The van der Waals surface area contributed by atoms with Crippen LogP contribution in [0.4, 0.5) is 11.4 Å². The summed E-state index contributed by atoms with van der Waals surface area (Å²) in [7, 11) is 0. The normalized spacial score (nSPS) is 11.1. The van der Waals surface area contributed by atoms with Crippen molar-refractivity contribution in [3.8, 4) is 39.7 Å². The molecule has 0 aliphatic carbocycles. The summed E-state index contributed by atoms with van der Waals surface area (Å²) in [6.07, 6.45) is 0. The second-order valence-corrected chi connectivity index (χ2v) is 12.2. The molecule has 50 heavy (non-hydrogen) atoms. The van der Waals surface area contributed by atoms with E-state index in [-0.39, 0.29) is 0 Å².